The normalized spacial score (nSPS) is 11.6. The molecule has 0 aromatic heterocycles. The van der Waals surface area contributed by atoms with Crippen molar-refractivity contribution in [2.45, 2.75) is 33.5 Å². The molecule has 1 N–H and O–H groups in total. The van der Waals surface area contributed by atoms with Gasteiger partial charge in [0.2, 0.25) is 5.79 Å². The SMILES string of the molecule is C=C(C)C(=O)OC(C)(C)O[PH](=O)O.C=CC(=C)C. The molecule has 0 aliphatic rings. The van der Waals surface area contributed by atoms with E-state index in [1.165, 1.54) is 20.8 Å². The van der Waals surface area contributed by atoms with Gasteiger partial charge in [-0.3, -0.25) is 9.09 Å². The van der Waals surface area contributed by atoms with E-state index in [0.29, 0.717) is 0 Å². The Morgan fingerprint density at radius 1 is 1.33 bits per heavy atom. The summed E-state index contributed by atoms with van der Waals surface area (Å²) in [5, 5.41) is 0. The fourth-order valence-corrected chi connectivity index (χ4v) is 1.00. The summed E-state index contributed by atoms with van der Waals surface area (Å²) >= 11 is 0. The van der Waals surface area contributed by atoms with Crippen molar-refractivity contribution in [2.24, 2.45) is 0 Å². The maximum Gasteiger partial charge on any atom is 0.335 e. The van der Waals surface area contributed by atoms with E-state index in [1.807, 2.05) is 6.92 Å². The van der Waals surface area contributed by atoms with Crippen molar-refractivity contribution < 1.29 is 23.5 Å². The summed E-state index contributed by atoms with van der Waals surface area (Å²) in [6.07, 6.45) is 1.72. The van der Waals surface area contributed by atoms with Crippen LogP contribution >= 0.6 is 8.25 Å². The first-order valence-electron chi connectivity index (χ1n) is 5.10. The molecule has 0 aromatic rings. The Hall–Kier alpha value is -1.16. The van der Waals surface area contributed by atoms with E-state index in [9.17, 15) is 9.36 Å². The highest BCUT2D eigenvalue weighted by molar-refractivity contribution is 7.32. The highest BCUT2D eigenvalue weighted by atomic mass is 31.1. The average Bonchev–Trinajstić information content (AvgIpc) is 2.15. The summed E-state index contributed by atoms with van der Waals surface area (Å²) in [6, 6.07) is 0. The van der Waals surface area contributed by atoms with Crippen molar-refractivity contribution >= 4 is 14.2 Å². The Morgan fingerprint density at radius 3 is 1.94 bits per heavy atom. The van der Waals surface area contributed by atoms with Gasteiger partial charge in [-0.05, 0) is 13.8 Å². The average molecular weight is 276 g/mol. The standard InChI is InChI=1S/C7H13O5P.C5H8/c1-5(2)6(8)11-7(3,4)12-13(9)10;1-4-5(2)3/h13H,1H2,2-4H3,(H,9,10);4H,1-2H2,3H3. The van der Waals surface area contributed by atoms with Gasteiger partial charge in [0.25, 0.3) is 0 Å². The van der Waals surface area contributed by atoms with Crippen LogP contribution in [-0.2, 0) is 18.6 Å². The molecule has 104 valence electrons. The molecule has 18 heavy (non-hydrogen) atoms. The van der Waals surface area contributed by atoms with Crippen LogP contribution in [0.1, 0.15) is 27.7 Å². The lowest BCUT2D eigenvalue weighted by atomic mass is 10.3. The third-order valence-corrected chi connectivity index (χ3v) is 2.03. The molecular formula is C12H21O5P. The topological polar surface area (TPSA) is 72.8 Å². The molecule has 0 saturated carbocycles. The molecule has 0 fully saturated rings. The number of ether oxygens (including phenoxy) is 1. The number of carbonyl (C=O) groups excluding carboxylic acids is 1. The van der Waals surface area contributed by atoms with Gasteiger partial charge in [0, 0.05) is 19.4 Å². The zero-order chi connectivity index (χ0) is 14.9. The third-order valence-electron chi connectivity index (χ3n) is 1.37. The van der Waals surface area contributed by atoms with Crippen molar-refractivity contribution in [1.29, 1.82) is 0 Å². The van der Waals surface area contributed by atoms with E-state index in [0.717, 1.165) is 5.57 Å². The van der Waals surface area contributed by atoms with Crippen molar-refractivity contribution in [3.05, 3.63) is 37.0 Å². The van der Waals surface area contributed by atoms with Gasteiger partial charge in [0.15, 0.2) is 0 Å². The summed E-state index contributed by atoms with van der Waals surface area (Å²) in [6.45, 7) is 16.5. The first-order valence-corrected chi connectivity index (χ1v) is 6.37. The van der Waals surface area contributed by atoms with Crippen LogP contribution in [0.4, 0.5) is 0 Å². The second-order valence-corrected chi connectivity index (χ2v) is 4.72. The highest BCUT2D eigenvalue weighted by Crippen LogP contribution is 2.27. The van der Waals surface area contributed by atoms with Gasteiger partial charge in [-0.25, -0.2) is 4.79 Å². The Kier molecular flexibility index (Phi) is 9.45. The van der Waals surface area contributed by atoms with E-state index in [4.69, 9.17) is 9.63 Å². The summed E-state index contributed by atoms with van der Waals surface area (Å²) in [5.41, 5.74) is 1.22. The van der Waals surface area contributed by atoms with Crippen LogP contribution in [0.15, 0.2) is 37.0 Å². The maximum absolute atomic E-state index is 11.0. The van der Waals surface area contributed by atoms with Crippen LogP contribution in [0.25, 0.3) is 0 Å². The number of hydrogen-bond acceptors (Lipinski definition) is 4. The fourth-order valence-electron chi connectivity index (χ4n) is 0.541. The summed E-state index contributed by atoms with van der Waals surface area (Å²) in [7, 11) is -3.12. The lowest BCUT2D eigenvalue weighted by Gasteiger charge is -2.23. The van der Waals surface area contributed by atoms with Gasteiger partial charge in [-0.1, -0.05) is 31.4 Å². The van der Waals surface area contributed by atoms with Crippen LogP contribution in [0.5, 0.6) is 0 Å². The van der Waals surface area contributed by atoms with Crippen LogP contribution in [-0.4, -0.2) is 16.6 Å². The van der Waals surface area contributed by atoms with Crippen molar-refractivity contribution in [1.82, 2.24) is 0 Å². The fraction of sp³-hybridized carbons (Fsp3) is 0.417. The number of allylic oxidation sites excluding steroid dienone is 2. The Labute approximate surface area is 109 Å². The molecule has 0 aromatic carbocycles. The van der Waals surface area contributed by atoms with Gasteiger partial charge in [-0.2, -0.15) is 0 Å². The quantitative estimate of drug-likeness (QED) is 0.275. The second kappa shape index (κ2) is 8.86. The third kappa shape index (κ3) is 12.9. The molecule has 1 atom stereocenters. The van der Waals surface area contributed by atoms with Gasteiger partial charge in [0.05, 0.1) is 0 Å². The minimum atomic E-state index is -3.12. The van der Waals surface area contributed by atoms with Crippen LogP contribution in [0.2, 0.25) is 0 Å². The van der Waals surface area contributed by atoms with Gasteiger partial charge < -0.3 is 9.63 Å². The van der Waals surface area contributed by atoms with Crippen LogP contribution in [0.3, 0.4) is 0 Å². The predicted molar refractivity (Wildman–Crippen MR) is 72.3 cm³/mol. The number of esters is 1. The predicted octanol–water partition coefficient (Wildman–Crippen LogP) is 2.99. The van der Waals surface area contributed by atoms with Gasteiger partial charge in [0.1, 0.15) is 0 Å². The molecule has 0 saturated heterocycles. The largest absolute Gasteiger partial charge is 0.430 e. The summed E-state index contributed by atoms with van der Waals surface area (Å²) in [5.74, 6) is -2.06. The van der Waals surface area contributed by atoms with Crippen molar-refractivity contribution in [2.75, 3.05) is 0 Å². The second-order valence-electron chi connectivity index (χ2n) is 3.99. The van der Waals surface area contributed by atoms with Crippen molar-refractivity contribution in [3.63, 3.8) is 0 Å². The summed E-state index contributed by atoms with van der Waals surface area (Å²) < 4.78 is 19.5. The molecule has 6 heteroatoms. The Morgan fingerprint density at radius 2 is 1.72 bits per heavy atom. The molecule has 0 rings (SSSR count). The monoisotopic (exact) mass is 276 g/mol. The smallest absolute Gasteiger partial charge is 0.335 e. The zero-order valence-electron chi connectivity index (χ0n) is 11.3. The number of hydrogen-bond donors (Lipinski definition) is 1. The highest BCUT2D eigenvalue weighted by Gasteiger charge is 2.25. The van der Waals surface area contributed by atoms with E-state index in [-0.39, 0.29) is 5.57 Å². The zero-order valence-corrected chi connectivity index (χ0v) is 12.3. The molecular weight excluding hydrogens is 255 g/mol. The molecule has 0 aliphatic heterocycles. The van der Waals surface area contributed by atoms with Gasteiger partial charge in [-0.15, -0.1) is 0 Å². The minimum Gasteiger partial charge on any atom is -0.430 e. The minimum absolute atomic E-state index is 0.203. The first-order chi connectivity index (χ1) is 8.01. The van der Waals surface area contributed by atoms with E-state index in [1.54, 1.807) is 6.08 Å². The van der Waals surface area contributed by atoms with E-state index in [2.05, 4.69) is 24.3 Å². The number of carbonyl (C=O) groups is 1. The molecule has 0 amide bonds. The molecule has 0 radical (unpaired) electrons. The molecule has 5 nitrogen and oxygen atoms in total. The van der Waals surface area contributed by atoms with E-state index < -0.39 is 20.0 Å². The Bertz CT molecular complexity index is 357. The van der Waals surface area contributed by atoms with Gasteiger partial charge >= 0.3 is 14.2 Å². The maximum atomic E-state index is 11.0. The lowest BCUT2D eigenvalue weighted by Crippen LogP contribution is -2.29. The van der Waals surface area contributed by atoms with Crippen molar-refractivity contribution in [3.8, 4) is 0 Å². The molecule has 1 unspecified atom stereocenters. The summed E-state index contributed by atoms with van der Waals surface area (Å²) in [4.78, 5) is 19.4. The first kappa shape index (κ1) is 19.2. The molecule has 0 bridgehead atoms. The van der Waals surface area contributed by atoms with Crippen LogP contribution < -0.4 is 0 Å². The Balaban J connectivity index is 0. The number of rotatable bonds is 5. The van der Waals surface area contributed by atoms with E-state index >= 15 is 0 Å². The molecule has 0 spiro atoms. The molecule has 0 heterocycles. The lowest BCUT2D eigenvalue weighted by molar-refractivity contribution is -0.181. The molecule has 0 aliphatic carbocycles. The van der Waals surface area contributed by atoms with Crippen LogP contribution in [0, 0.1) is 0 Å².